The Morgan fingerprint density at radius 2 is 2.22 bits per heavy atom. The number of hydrogen-bond acceptors (Lipinski definition) is 7. The third-order valence-electron chi connectivity index (χ3n) is 3.88. The van der Waals surface area contributed by atoms with E-state index in [4.69, 9.17) is 4.74 Å². The number of nitrogens with zero attached hydrogens (tertiary/aromatic N) is 7. The summed E-state index contributed by atoms with van der Waals surface area (Å²) >= 11 is 0. The fourth-order valence-electron chi connectivity index (χ4n) is 2.73. The maximum absolute atomic E-state index is 5.84. The number of aryl methyl sites for hydroxylation is 2. The molecule has 126 valence electrons. The Kier molecular flexibility index (Phi) is 5.29. The lowest BCUT2D eigenvalue weighted by Gasteiger charge is -2.30. The van der Waals surface area contributed by atoms with E-state index < -0.39 is 0 Å². The van der Waals surface area contributed by atoms with E-state index in [2.05, 4.69) is 49.5 Å². The number of nitrogens with one attached hydrogen (secondary N) is 1. The Morgan fingerprint density at radius 1 is 1.30 bits per heavy atom. The molecule has 1 N–H and O–H groups in total. The second kappa shape index (κ2) is 7.60. The van der Waals surface area contributed by atoms with Crippen molar-refractivity contribution in [2.75, 3.05) is 19.7 Å². The number of ether oxygens (including phenoxy) is 1. The third kappa shape index (κ3) is 3.91. The van der Waals surface area contributed by atoms with E-state index >= 15 is 0 Å². The predicted octanol–water partition coefficient (Wildman–Crippen LogP) is 0.727. The molecule has 0 spiro atoms. The molecule has 23 heavy (non-hydrogen) atoms. The van der Waals surface area contributed by atoms with Crippen LogP contribution >= 0.6 is 0 Å². The van der Waals surface area contributed by atoms with Gasteiger partial charge in [0.2, 0.25) is 0 Å². The average Bonchev–Trinajstić information content (AvgIpc) is 3.19. The molecule has 1 aliphatic rings. The highest BCUT2D eigenvalue weighted by Crippen LogP contribution is 2.20. The minimum absolute atomic E-state index is 0.0962. The van der Waals surface area contributed by atoms with Gasteiger partial charge in [0.05, 0.1) is 13.2 Å². The molecular weight excluding hydrogens is 296 g/mol. The molecule has 2 aromatic rings. The smallest absolute Gasteiger partial charge is 0.180 e. The fraction of sp³-hybridized carbons (Fsp3) is 0.786. The Hall–Kier alpha value is -1.87. The van der Waals surface area contributed by atoms with Crippen LogP contribution in [0.4, 0.5) is 0 Å². The Bertz CT molecular complexity index is 609. The van der Waals surface area contributed by atoms with E-state index in [-0.39, 0.29) is 6.10 Å². The van der Waals surface area contributed by atoms with E-state index in [1.54, 1.807) is 0 Å². The highest BCUT2D eigenvalue weighted by atomic mass is 16.5. The van der Waals surface area contributed by atoms with Crippen LogP contribution in [0.25, 0.3) is 0 Å². The topological polar surface area (TPSA) is 97.6 Å². The van der Waals surface area contributed by atoms with Crippen LogP contribution in [0.1, 0.15) is 50.3 Å². The van der Waals surface area contributed by atoms with Crippen LogP contribution in [0.5, 0.6) is 0 Å². The molecule has 0 radical (unpaired) electrons. The van der Waals surface area contributed by atoms with Gasteiger partial charge in [-0.3, -0.25) is 10.00 Å². The van der Waals surface area contributed by atoms with Gasteiger partial charge in [0.25, 0.3) is 0 Å². The van der Waals surface area contributed by atoms with Gasteiger partial charge >= 0.3 is 0 Å². The van der Waals surface area contributed by atoms with E-state index in [1.165, 1.54) is 0 Å². The molecule has 3 rings (SSSR count). The molecule has 1 unspecified atom stereocenters. The summed E-state index contributed by atoms with van der Waals surface area (Å²) in [7, 11) is 0. The summed E-state index contributed by atoms with van der Waals surface area (Å²) in [5.74, 6) is 2.57. The van der Waals surface area contributed by atoms with Crippen molar-refractivity contribution in [3.63, 3.8) is 0 Å². The van der Waals surface area contributed by atoms with Crippen molar-refractivity contribution >= 4 is 0 Å². The minimum Gasteiger partial charge on any atom is -0.367 e. The molecular formula is C14H24N8O. The van der Waals surface area contributed by atoms with Crippen LogP contribution in [0.3, 0.4) is 0 Å². The van der Waals surface area contributed by atoms with Gasteiger partial charge in [-0.2, -0.15) is 5.10 Å². The second-order valence-electron chi connectivity index (χ2n) is 5.80. The first kappa shape index (κ1) is 16.0. The zero-order chi connectivity index (χ0) is 16.1. The van der Waals surface area contributed by atoms with Gasteiger partial charge in [0.1, 0.15) is 11.9 Å². The summed E-state index contributed by atoms with van der Waals surface area (Å²) in [6.45, 7) is 8.09. The second-order valence-corrected chi connectivity index (χ2v) is 5.80. The quantitative estimate of drug-likeness (QED) is 0.803. The van der Waals surface area contributed by atoms with E-state index in [1.807, 2.05) is 4.68 Å². The normalized spacial score (nSPS) is 19.3. The molecule has 3 heterocycles. The zero-order valence-corrected chi connectivity index (χ0v) is 13.8. The highest BCUT2D eigenvalue weighted by molar-refractivity contribution is 4.97. The standard InChI is InChI=1S/C14H24N8O/c1-3-5-12-15-14(18-16-12)11-9-21(7-8-23-11)10-13-17-19-20-22(13)6-4-2/h11H,3-10H2,1-2H3,(H,15,16,18). The van der Waals surface area contributed by atoms with Gasteiger partial charge in [-0.1, -0.05) is 13.8 Å². The summed E-state index contributed by atoms with van der Waals surface area (Å²) in [6.07, 6.45) is 2.88. The average molecular weight is 320 g/mol. The lowest BCUT2D eigenvalue weighted by Crippen LogP contribution is -2.38. The van der Waals surface area contributed by atoms with Gasteiger partial charge < -0.3 is 4.74 Å². The summed E-state index contributed by atoms with van der Waals surface area (Å²) in [5, 5.41) is 19.3. The molecule has 9 heteroatoms. The fourth-order valence-corrected chi connectivity index (χ4v) is 2.73. The molecule has 0 aromatic carbocycles. The first-order valence-corrected chi connectivity index (χ1v) is 8.30. The van der Waals surface area contributed by atoms with Crippen LogP contribution < -0.4 is 0 Å². The van der Waals surface area contributed by atoms with E-state index in [0.717, 1.165) is 62.9 Å². The molecule has 1 aliphatic heterocycles. The SMILES string of the molecule is CCCc1nc(C2CN(Cc3nnnn3CCC)CCO2)n[nH]1. The van der Waals surface area contributed by atoms with Crippen LogP contribution in [-0.4, -0.2) is 60.0 Å². The molecule has 0 amide bonds. The largest absolute Gasteiger partial charge is 0.367 e. The lowest BCUT2D eigenvalue weighted by atomic mass is 10.2. The minimum atomic E-state index is -0.0962. The van der Waals surface area contributed by atoms with Crippen molar-refractivity contribution in [3.8, 4) is 0 Å². The van der Waals surface area contributed by atoms with Gasteiger partial charge in [0, 0.05) is 26.1 Å². The van der Waals surface area contributed by atoms with Crippen molar-refractivity contribution in [3.05, 3.63) is 17.5 Å². The maximum Gasteiger partial charge on any atom is 0.180 e. The molecule has 9 nitrogen and oxygen atoms in total. The van der Waals surface area contributed by atoms with Gasteiger partial charge in [0.15, 0.2) is 11.6 Å². The highest BCUT2D eigenvalue weighted by Gasteiger charge is 2.26. The predicted molar refractivity (Wildman–Crippen MR) is 82.5 cm³/mol. The number of tetrazole rings is 1. The van der Waals surface area contributed by atoms with Crippen LogP contribution in [0, 0.1) is 0 Å². The third-order valence-corrected chi connectivity index (χ3v) is 3.88. The van der Waals surface area contributed by atoms with Crippen LogP contribution in [0.15, 0.2) is 0 Å². The molecule has 0 saturated carbocycles. The molecule has 0 bridgehead atoms. The van der Waals surface area contributed by atoms with Crippen molar-refractivity contribution in [1.29, 1.82) is 0 Å². The number of aromatic amines is 1. The molecule has 1 atom stereocenters. The lowest BCUT2D eigenvalue weighted by molar-refractivity contribution is -0.0381. The number of H-pyrrole nitrogens is 1. The summed E-state index contributed by atoms with van der Waals surface area (Å²) in [6, 6.07) is 0. The maximum atomic E-state index is 5.84. The van der Waals surface area contributed by atoms with Crippen molar-refractivity contribution in [1.82, 2.24) is 40.3 Å². The van der Waals surface area contributed by atoms with Gasteiger partial charge in [-0.15, -0.1) is 5.10 Å². The number of morpholine rings is 1. The Balaban J connectivity index is 1.62. The first-order valence-electron chi connectivity index (χ1n) is 8.30. The van der Waals surface area contributed by atoms with Crippen LogP contribution in [0.2, 0.25) is 0 Å². The van der Waals surface area contributed by atoms with Crippen LogP contribution in [-0.2, 0) is 24.2 Å². The monoisotopic (exact) mass is 320 g/mol. The molecule has 0 aliphatic carbocycles. The van der Waals surface area contributed by atoms with Gasteiger partial charge in [-0.25, -0.2) is 9.67 Å². The Morgan fingerprint density at radius 3 is 3.04 bits per heavy atom. The van der Waals surface area contributed by atoms with Crippen molar-refractivity contribution in [2.24, 2.45) is 0 Å². The molecule has 1 saturated heterocycles. The molecule has 2 aromatic heterocycles. The zero-order valence-electron chi connectivity index (χ0n) is 13.8. The summed E-state index contributed by atoms with van der Waals surface area (Å²) in [5.41, 5.74) is 0. The van der Waals surface area contributed by atoms with Crippen molar-refractivity contribution in [2.45, 2.75) is 52.3 Å². The molecule has 1 fully saturated rings. The number of rotatable bonds is 7. The first-order chi connectivity index (χ1) is 11.3. The van der Waals surface area contributed by atoms with E-state index in [9.17, 15) is 0 Å². The van der Waals surface area contributed by atoms with E-state index in [0.29, 0.717) is 6.61 Å². The summed E-state index contributed by atoms with van der Waals surface area (Å²) in [4.78, 5) is 6.83. The van der Waals surface area contributed by atoms with Crippen molar-refractivity contribution < 1.29 is 4.74 Å². The number of aromatic nitrogens is 7. The van der Waals surface area contributed by atoms with Gasteiger partial charge in [-0.05, 0) is 23.3 Å². The summed E-state index contributed by atoms with van der Waals surface area (Å²) < 4.78 is 7.71. The Labute approximate surface area is 135 Å². The number of hydrogen-bond donors (Lipinski definition) is 1.